The van der Waals surface area contributed by atoms with Crippen LogP contribution >= 0.6 is 23.3 Å². The van der Waals surface area contributed by atoms with E-state index in [1.54, 1.807) is 6.33 Å². The van der Waals surface area contributed by atoms with Gasteiger partial charge in [-0.05, 0) is 30.9 Å². The van der Waals surface area contributed by atoms with E-state index in [-0.39, 0.29) is 0 Å². The average molecular weight is 243 g/mol. The standard InChI is InChI=1S/C10H17N3S2/c1-2-11-8-5-3-4-6-9(8)14-10-12-7-13-15-10/h7-9,11H,2-6H2,1H3. The molecule has 1 saturated carbocycles. The minimum atomic E-state index is 0.664. The summed E-state index contributed by atoms with van der Waals surface area (Å²) in [5.41, 5.74) is 0. The highest BCUT2D eigenvalue weighted by Gasteiger charge is 2.25. The van der Waals surface area contributed by atoms with Crippen molar-refractivity contribution in [3.8, 4) is 0 Å². The van der Waals surface area contributed by atoms with Crippen LogP contribution in [0.2, 0.25) is 0 Å². The van der Waals surface area contributed by atoms with Crippen molar-refractivity contribution in [1.29, 1.82) is 0 Å². The Hall–Kier alpha value is -0.130. The van der Waals surface area contributed by atoms with Crippen molar-refractivity contribution in [1.82, 2.24) is 14.7 Å². The molecule has 0 aromatic carbocycles. The van der Waals surface area contributed by atoms with Crippen molar-refractivity contribution < 1.29 is 0 Å². The summed E-state index contributed by atoms with van der Waals surface area (Å²) < 4.78 is 5.16. The van der Waals surface area contributed by atoms with Crippen LogP contribution in [0.25, 0.3) is 0 Å². The molecule has 1 aliphatic carbocycles. The Morgan fingerprint density at radius 1 is 1.53 bits per heavy atom. The first kappa shape index (κ1) is 11.4. The van der Waals surface area contributed by atoms with E-state index in [0.29, 0.717) is 11.3 Å². The fraction of sp³-hybridized carbons (Fsp3) is 0.800. The lowest BCUT2D eigenvalue weighted by atomic mass is 9.95. The highest BCUT2D eigenvalue weighted by molar-refractivity contribution is 8.01. The maximum Gasteiger partial charge on any atom is 0.170 e. The van der Waals surface area contributed by atoms with Gasteiger partial charge in [-0.15, -0.1) is 0 Å². The number of nitrogens with one attached hydrogen (secondary N) is 1. The van der Waals surface area contributed by atoms with Crippen molar-refractivity contribution in [3.63, 3.8) is 0 Å². The number of nitrogens with zero attached hydrogens (tertiary/aromatic N) is 2. The van der Waals surface area contributed by atoms with E-state index >= 15 is 0 Å². The van der Waals surface area contributed by atoms with Crippen molar-refractivity contribution >= 4 is 23.3 Å². The number of thioether (sulfide) groups is 1. The zero-order valence-electron chi connectivity index (χ0n) is 8.98. The minimum Gasteiger partial charge on any atom is -0.313 e. The largest absolute Gasteiger partial charge is 0.313 e. The highest BCUT2D eigenvalue weighted by Crippen LogP contribution is 2.34. The molecule has 0 aliphatic heterocycles. The predicted octanol–water partition coefficient (Wildman–Crippen LogP) is 2.55. The molecular weight excluding hydrogens is 226 g/mol. The summed E-state index contributed by atoms with van der Waals surface area (Å²) in [6.45, 7) is 3.25. The summed E-state index contributed by atoms with van der Waals surface area (Å²) >= 11 is 3.41. The molecule has 0 bridgehead atoms. The van der Waals surface area contributed by atoms with E-state index in [1.807, 2.05) is 11.8 Å². The number of hydrogen-bond acceptors (Lipinski definition) is 5. The lowest BCUT2D eigenvalue weighted by Gasteiger charge is -2.30. The second-order valence-electron chi connectivity index (χ2n) is 3.81. The van der Waals surface area contributed by atoms with Gasteiger partial charge in [0.25, 0.3) is 0 Å². The molecular formula is C10H17N3S2. The molecule has 84 valence electrons. The van der Waals surface area contributed by atoms with Crippen LogP contribution in [0.1, 0.15) is 32.6 Å². The normalized spacial score (nSPS) is 26.7. The molecule has 1 aromatic heterocycles. The quantitative estimate of drug-likeness (QED) is 0.882. The van der Waals surface area contributed by atoms with Crippen LogP contribution in [0.3, 0.4) is 0 Å². The smallest absolute Gasteiger partial charge is 0.170 e. The Balaban J connectivity index is 1.92. The molecule has 1 aromatic rings. The van der Waals surface area contributed by atoms with Crippen LogP contribution < -0.4 is 5.32 Å². The van der Waals surface area contributed by atoms with Gasteiger partial charge in [-0.2, -0.15) is 4.37 Å². The molecule has 5 heteroatoms. The molecule has 1 N–H and O–H groups in total. The van der Waals surface area contributed by atoms with Gasteiger partial charge in [-0.1, -0.05) is 31.5 Å². The zero-order chi connectivity index (χ0) is 10.5. The van der Waals surface area contributed by atoms with Gasteiger partial charge in [0.2, 0.25) is 0 Å². The summed E-state index contributed by atoms with van der Waals surface area (Å²) in [5, 5.41) is 4.27. The van der Waals surface area contributed by atoms with Gasteiger partial charge in [0.1, 0.15) is 6.33 Å². The molecule has 1 aliphatic rings. The maximum absolute atomic E-state index is 4.25. The average Bonchev–Trinajstić information content (AvgIpc) is 2.74. The molecule has 2 rings (SSSR count). The summed E-state index contributed by atoms with van der Waals surface area (Å²) in [4.78, 5) is 4.25. The summed E-state index contributed by atoms with van der Waals surface area (Å²) in [6.07, 6.45) is 6.99. The molecule has 1 heterocycles. The first-order valence-corrected chi connectivity index (χ1v) is 7.22. The third-order valence-corrected chi connectivity index (χ3v) is 4.91. The fourth-order valence-electron chi connectivity index (χ4n) is 2.08. The summed E-state index contributed by atoms with van der Waals surface area (Å²) in [5.74, 6) is 0. The Morgan fingerprint density at radius 2 is 2.40 bits per heavy atom. The second kappa shape index (κ2) is 5.82. The van der Waals surface area contributed by atoms with Gasteiger partial charge in [0.05, 0.1) is 0 Å². The van der Waals surface area contributed by atoms with E-state index < -0.39 is 0 Å². The highest BCUT2D eigenvalue weighted by atomic mass is 32.2. The topological polar surface area (TPSA) is 37.8 Å². The number of aromatic nitrogens is 2. The van der Waals surface area contributed by atoms with Crippen molar-refractivity contribution in [2.24, 2.45) is 0 Å². The zero-order valence-corrected chi connectivity index (χ0v) is 10.6. The Morgan fingerprint density at radius 3 is 3.13 bits per heavy atom. The van der Waals surface area contributed by atoms with E-state index in [0.717, 1.165) is 10.9 Å². The van der Waals surface area contributed by atoms with Crippen molar-refractivity contribution in [2.75, 3.05) is 6.54 Å². The third kappa shape index (κ3) is 3.16. The van der Waals surface area contributed by atoms with Crippen LogP contribution in [0.4, 0.5) is 0 Å². The third-order valence-electron chi connectivity index (χ3n) is 2.76. The predicted molar refractivity (Wildman–Crippen MR) is 65.5 cm³/mol. The van der Waals surface area contributed by atoms with Gasteiger partial charge in [0, 0.05) is 11.3 Å². The first-order chi connectivity index (χ1) is 7.40. The van der Waals surface area contributed by atoms with Crippen LogP contribution in [0.5, 0.6) is 0 Å². The SMILES string of the molecule is CCNC1CCCCC1Sc1ncns1. The van der Waals surface area contributed by atoms with Crippen LogP contribution in [-0.4, -0.2) is 27.2 Å². The minimum absolute atomic E-state index is 0.664. The molecule has 3 nitrogen and oxygen atoms in total. The molecule has 0 saturated heterocycles. The van der Waals surface area contributed by atoms with Crippen LogP contribution in [0, 0.1) is 0 Å². The lowest BCUT2D eigenvalue weighted by Crippen LogP contribution is -2.40. The monoisotopic (exact) mass is 243 g/mol. The van der Waals surface area contributed by atoms with Crippen molar-refractivity contribution in [3.05, 3.63) is 6.33 Å². The Kier molecular flexibility index (Phi) is 4.41. The molecule has 0 spiro atoms. The van der Waals surface area contributed by atoms with E-state index in [4.69, 9.17) is 0 Å². The van der Waals surface area contributed by atoms with Gasteiger partial charge >= 0.3 is 0 Å². The van der Waals surface area contributed by atoms with Gasteiger partial charge in [-0.25, -0.2) is 4.98 Å². The van der Waals surface area contributed by atoms with Crippen molar-refractivity contribution in [2.45, 2.75) is 48.2 Å². The van der Waals surface area contributed by atoms with E-state index in [9.17, 15) is 0 Å². The van der Waals surface area contributed by atoms with Gasteiger partial charge in [0.15, 0.2) is 4.34 Å². The lowest BCUT2D eigenvalue weighted by molar-refractivity contribution is 0.391. The fourth-order valence-corrected chi connectivity index (χ4v) is 4.08. The molecule has 15 heavy (non-hydrogen) atoms. The van der Waals surface area contributed by atoms with E-state index in [1.165, 1.54) is 37.2 Å². The number of hydrogen-bond donors (Lipinski definition) is 1. The van der Waals surface area contributed by atoms with Gasteiger partial charge in [-0.3, -0.25) is 0 Å². The number of rotatable bonds is 4. The molecule has 2 unspecified atom stereocenters. The molecule has 1 fully saturated rings. The second-order valence-corrected chi connectivity index (χ2v) is 6.08. The summed E-state index contributed by atoms with van der Waals surface area (Å²) in [6, 6.07) is 0.664. The first-order valence-electron chi connectivity index (χ1n) is 5.57. The van der Waals surface area contributed by atoms with Crippen LogP contribution in [0.15, 0.2) is 10.7 Å². The van der Waals surface area contributed by atoms with Gasteiger partial charge < -0.3 is 5.32 Å². The maximum atomic E-state index is 4.25. The Labute approximate surface area is 99.2 Å². The molecule has 0 amide bonds. The van der Waals surface area contributed by atoms with E-state index in [2.05, 4.69) is 21.6 Å². The molecule has 0 radical (unpaired) electrons. The Bertz CT molecular complexity index is 274. The van der Waals surface area contributed by atoms with Crippen LogP contribution in [-0.2, 0) is 0 Å². The molecule has 2 atom stereocenters. The summed E-state index contributed by atoms with van der Waals surface area (Å²) in [7, 11) is 0.